The topological polar surface area (TPSA) is 40.9 Å². The minimum absolute atomic E-state index is 0.0280. The van der Waals surface area contributed by atoms with E-state index in [-0.39, 0.29) is 17.8 Å². The van der Waals surface area contributed by atoms with Crippen LogP contribution in [0.4, 0.5) is 4.39 Å². The van der Waals surface area contributed by atoms with Gasteiger partial charge in [-0.15, -0.1) is 0 Å². The third-order valence-electron chi connectivity index (χ3n) is 2.05. The van der Waals surface area contributed by atoms with E-state index in [4.69, 9.17) is 5.26 Å². The van der Waals surface area contributed by atoms with Crippen molar-refractivity contribution in [3.05, 3.63) is 34.1 Å². The summed E-state index contributed by atoms with van der Waals surface area (Å²) < 4.78 is 13.8. The van der Waals surface area contributed by atoms with Gasteiger partial charge < -0.3 is 0 Å². The number of halogens is 2. The number of Topliss-reactive ketones (excluding diaryl/α,β-unsaturated/α-hetero) is 1. The van der Waals surface area contributed by atoms with Gasteiger partial charge in [0.05, 0.1) is 11.6 Å². The molecule has 4 heteroatoms. The Hall–Kier alpha value is -1.21. The Balaban J connectivity index is 3.07. The molecule has 0 heterocycles. The molecule has 1 atom stereocenters. The standard InChI is InChI=1S/C11H9BrFNO/c1-7(5-6-14)11(15)10-8(12)3-2-4-9(10)13/h2-4,7H,5H2,1H3. The maximum Gasteiger partial charge on any atom is 0.170 e. The van der Waals surface area contributed by atoms with E-state index in [1.807, 2.05) is 6.07 Å². The van der Waals surface area contributed by atoms with Gasteiger partial charge >= 0.3 is 0 Å². The van der Waals surface area contributed by atoms with Crippen molar-refractivity contribution in [3.63, 3.8) is 0 Å². The van der Waals surface area contributed by atoms with Gasteiger partial charge in [0.1, 0.15) is 5.82 Å². The molecule has 0 saturated carbocycles. The Labute approximate surface area is 95.8 Å². The van der Waals surface area contributed by atoms with Gasteiger partial charge in [0.25, 0.3) is 0 Å². The highest BCUT2D eigenvalue weighted by atomic mass is 79.9. The first-order valence-corrected chi connectivity index (χ1v) is 5.22. The minimum atomic E-state index is -0.556. The van der Waals surface area contributed by atoms with Crippen molar-refractivity contribution < 1.29 is 9.18 Å². The molecule has 15 heavy (non-hydrogen) atoms. The zero-order valence-electron chi connectivity index (χ0n) is 8.13. The SMILES string of the molecule is CC(CC#N)C(=O)c1c(F)cccc1Br. The van der Waals surface area contributed by atoms with Gasteiger partial charge in [-0.2, -0.15) is 5.26 Å². The third kappa shape index (κ3) is 2.63. The van der Waals surface area contributed by atoms with Crippen LogP contribution in [0.1, 0.15) is 23.7 Å². The van der Waals surface area contributed by atoms with Gasteiger partial charge in [-0.05, 0) is 28.1 Å². The molecule has 1 aromatic rings. The van der Waals surface area contributed by atoms with Crippen LogP contribution < -0.4 is 0 Å². The fourth-order valence-corrected chi connectivity index (χ4v) is 1.75. The highest BCUT2D eigenvalue weighted by molar-refractivity contribution is 9.10. The summed E-state index contributed by atoms with van der Waals surface area (Å²) in [5.41, 5.74) is 0.0280. The summed E-state index contributed by atoms with van der Waals surface area (Å²) in [5, 5.41) is 8.46. The first kappa shape index (κ1) is 11.9. The van der Waals surface area contributed by atoms with Crippen LogP contribution in [-0.4, -0.2) is 5.78 Å². The highest BCUT2D eigenvalue weighted by Gasteiger charge is 2.20. The average molecular weight is 270 g/mol. The lowest BCUT2D eigenvalue weighted by atomic mass is 9.97. The number of rotatable bonds is 3. The van der Waals surface area contributed by atoms with E-state index in [1.54, 1.807) is 13.0 Å². The fourth-order valence-electron chi connectivity index (χ4n) is 1.21. The van der Waals surface area contributed by atoms with Crippen molar-refractivity contribution >= 4 is 21.7 Å². The Kier molecular flexibility index (Phi) is 3.98. The number of nitrogens with zero attached hydrogens (tertiary/aromatic N) is 1. The van der Waals surface area contributed by atoms with Gasteiger partial charge in [0, 0.05) is 16.8 Å². The molecule has 0 aliphatic rings. The maximum absolute atomic E-state index is 13.4. The van der Waals surface area contributed by atoms with E-state index < -0.39 is 11.7 Å². The van der Waals surface area contributed by atoms with E-state index in [9.17, 15) is 9.18 Å². The van der Waals surface area contributed by atoms with Crippen molar-refractivity contribution in [1.29, 1.82) is 5.26 Å². The van der Waals surface area contributed by atoms with Gasteiger partial charge in [-0.1, -0.05) is 13.0 Å². The van der Waals surface area contributed by atoms with E-state index in [1.165, 1.54) is 12.1 Å². The summed E-state index contributed by atoms with van der Waals surface area (Å²) in [6.45, 7) is 1.62. The average Bonchev–Trinajstić information content (AvgIpc) is 2.17. The van der Waals surface area contributed by atoms with Crippen LogP contribution in [0, 0.1) is 23.1 Å². The van der Waals surface area contributed by atoms with Crippen LogP contribution in [0.25, 0.3) is 0 Å². The van der Waals surface area contributed by atoms with Gasteiger partial charge in [-0.25, -0.2) is 4.39 Å². The Morgan fingerprint density at radius 2 is 2.33 bits per heavy atom. The second-order valence-electron chi connectivity index (χ2n) is 3.22. The molecule has 0 radical (unpaired) electrons. The van der Waals surface area contributed by atoms with Crippen LogP contribution in [0.2, 0.25) is 0 Å². The van der Waals surface area contributed by atoms with Crippen molar-refractivity contribution in [3.8, 4) is 6.07 Å². The summed E-state index contributed by atoms with van der Waals surface area (Å²) in [7, 11) is 0. The van der Waals surface area contributed by atoms with E-state index >= 15 is 0 Å². The molecule has 0 aliphatic carbocycles. The van der Waals surface area contributed by atoms with Crippen LogP contribution >= 0.6 is 15.9 Å². The van der Waals surface area contributed by atoms with Crippen LogP contribution in [0.15, 0.2) is 22.7 Å². The molecule has 0 bridgehead atoms. The largest absolute Gasteiger partial charge is 0.294 e. The molecule has 0 spiro atoms. The molecule has 2 nitrogen and oxygen atoms in total. The first-order valence-electron chi connectivity index (χ1n) is 4.43. The molecular weight excluding hydrogens is 261 g/mol. The number of nitriles is 1. The molecule has 78 valence electrons. The Morgan fingerprint density at radius 1 is 1.67 bits per heavy atom. The summed E-state index contributed by atoms with van der Waals surface area (Å²) in [4.78, 5) is 11.8. The number of hydrogen-bond donors (Lipinski definition) is 0. The highest BCUT2D eigenvalue weighted by Crippen LogP contribution is 2.23. The number of benzene rings is 1. The lowest BCUT2D eigenvalue weighted by Gasteiger charge is -2.08. The number of ketones is 1. The normalized spacial score (nSPS) is 11.9. The lowest BCUT2D eigenvalue weighted by molar-refractivity contribution is 0.0927. The summed E-state index contributed by atoms with van der Waals surface area (Å²) >= 11 is 3.12. The third-order valence-corrected chi connectivity index (χ3v) is 2.72. The minimum Gasteiger partial charge on any atom is -0.294 e. The van der Waals surface area contributed by atoms with E-state index in [0.717, 1.165) is 0 Å². The van der Waals surface area contributed by atoms with E-state index in [2.05, 4.69) is 15.9 Å². The zero-order chi connectivity index (χ0) is 11.4. The lowest BCUT2D eigenvalue weighted by Crippen LogP contribution is -2.13. The second kappa shape index (κ2) is 5.04. The maximum atomic E-state index is 13.4. The monoisotopic (exact) mass is 269 g/mol. The van der Waals surface area contributed by atoms with Crippen molar-refractivity contribution in [2.24, 2.45) is 5.92 Å². The number of carbonyl (C=O) groups excluding carboxylic acids is 1. The smallest absolute Gasteiger partial charge is 0.170 e. The molecule has 1 aromatic carbocycles. The molecule has 0 amide bonds. The number of hydrogen-bond acceptors (Lipinski definition) is 2. The predicted molar refractivity (Wildman–Crippen MR) is 57.8 cm³/mol. The molecule has 0 aromatic heterocycles. The van der Waals surface area contributed by atoms with Crippen LogP contribution in [0.3, 0.4) is 0 Å². The summed E-state index contributed by atoms with van der Waals surface area (Å²) in [6, 6.07) is 6.26. The summed E-state index contributed by atoms with van der Waals surface area (Å²) in [6.07, 6.45) is 0.0968. The van der Waals surface area contributed by atoms with E-state index in [0.29, 0.717) is 4.47 Å². The van der Waals surface area contributed by atoms with Gasteiger partial charge in [0.2, 0.25) is 0 Å². The zero-order valence-corrected chi connectivity index (χ0v) is 9.71. The fraction of sp³-hybridized carbons (Fsp3) is 0.273. The molecule has 0 aliphatic heterocycles. The molecule has 1 unspecified atom stereocenters. The predicted octanol–water partition coefficient (Wildman–Crippen LogP) is 3.32. The van der Waals surface area contributed by atoms with Crippen LogP contribution in [0.5, 0.6) is 0 Å². The van der Waals surface area contributed by atoms with Crippen molar-refractivity contribution in [1.82, 2.24) is 0 Å². The van der Waals surface area contributed by atoms with Crippen molar-refractivity contribution in [2.75, 3.05) is 0 Å². The Morgan fingerprint density at radius 3 is 2.87 bits per heavy atom. The van der Waals surface area contributed by atoms with Crippen molar-refractivity contribution in [2.45, 2.75) is 13.3 Å². The molecule has 0 N–H and O–H groups in total. The van der Waals surface area contributed by atoms with Gasteiger partial charge in [0.15, 0.2) is 5.78 Å². The molecular formula is C11H9BrFNO. The van der Waals surface area contributed by atoms with Crippen LogP contribution in [-0.2, 0) is 0 Å². The number of carbonyl (C=O) groups is 1. The second-order valence-corrected chi connectivity index (χ2v) is 4.08. The van der Waals surface area contributed by atoms with Gasteiger partial charge in [-0.3, -0.25) is 4.79 Å². The first-order chi connectivity index (χ1) is 7.07. The Bertz CT molecular complexity index is 405. The molecule has 1 rings (SSSR count). The molecule has 0 saturated heterocycles. The molecule has 0 fully saturated rings. The quantitative estimate of drug-likeness (QED) is 0.790. The summed E-state index contributed by atoms with van der Waals surface area (Å²) in [5.74, 6) is -1.39.